The van der Waals surface area contributed by atoms with Gasteiger partial charge in [0.15, 0.2) is 0 Å². The minimum Gasteiger partial charge on any atom is -0.342 e. The Balaban J connectivity index is 2.42. The van der Waals surface area contributed by atoms with E-state index in [4.69, 9.17) is 0 Å². The molecule has 0 aliphatic carbocycles. The van der Waals surface area contributed by atoms with Gasteiger partial charge in [0.05, 0.1) is 0 Å². The molecule has 21 heavy (non-hydrogen) atoms. The van der Waals surface area contributed by atoms with Crippen molar-refractivity contribution in [2.24, 2.45) is 0 Å². The summed E-state index contributed by atoms with van der Waals surface area (Å²) in [7, 11) is 0. The quantitative estimate of drug-likeness (QED) is 0.926. The zero-order valence-electron chi connectivity index (χ0n) is 13.1. The number of hydrogen-bond donors (Lipinski definition) is 1. The second-order valence-electron chi connectivity index (χ2n) is 5.82. The fourth-order valence-corrected chi connectivity index (χ4v) is 2.76. The summed E-state index contributed by atoms with van der Waals surface area (Å²) in [6.45, 7) is 6.32. The molecule has 1 saturated heterocycles. The van der Waals surface area contributed by atoms with Crippen molar-refractivity contribution < 1.29 is 9.59 Å². The molecular weight excluding hydrogens is 264 g/mol. The predicted molar refractivity (Wildman–Crippen MR) is 84.2 cm³/mol. The van der Waals surface area contributed by atoms with Crippen LogP contribution in [-0.2, 0) is 16.0 Å². The largest absolute Gasteiger partial charge is 0.342 e. The number of benzene rings is 1. The summed E-state index contributed by atoms with van der Waals surface area (Å²) in [4.78, 5) is 26.6. The van der Waals surface area contributed by atoms with Gasteiger partial charge in [0.25, 0.3) is 5.91 Å². The highest BCUT2D eigenvalue weighted by atomic mass is 16.2. The minimum atomic E-state index is -0.813. The molecule has 1 atom stereocenters. The van der Waals surface area contributed by atoms with Crippen LogP contribution in [-0.4, -0.2) is 23.9 Å². The van der Waals surface area contributed by atoms with E-state index in [1.54, 1.807) is 4.90 Å². The van der Waals surface area contributed by atoms with Crippen molar-refractivity contribution in [3.63, 3.8) is 0 Å². The lowest BCUT2D eigenvalue weighted by Gasteiger charge is -2.32. The number of anilines is 1. The molecule has 2 rings (SSSR count). The van der Waals surface area contributed by atoms with E-state index in [0.717, 1.165) is 18.5 Å². The first-order chi connectivity index (χ1) is 10.0. The number of carbonyl (C=O) groups is 2. The van der Waals surface area contributed by atoms with Crippen molar-refractivity contribution in [2.75, 3.05) is 11.4 Å². The van der Waals surface area contributed by atoms with Crippen molar-refractivity contribution in [1.82, 2.24) is 5.32 Å². The Bertz CT molecular complexity index is 541. The molecule has 1 aliphatic heterocycles. The van der Waals surface area contributed by atoms with E-state index >= 15 is 0 Å². The lowest BCUT2D eigenvalue weighted by Crippen LogP contribution is -2.55. The summed E-state index contributed by atoms with van der Waals surface area (Å²) in [5.74, 6) is -0.0671. The lowest BCUT2D eigenvalue weighted by atomic mass is 9.96. The van der Waals surface area contributed by atoms with E-state index in [2.05, 4.69) is 18.3 Å². The molecular formula is C17H24N2O2. The minimum absolute atomic E-state index is 0.0144. The number of hydrogen-bond acceptors (Lipinski definition) is 2. The maximum absolute atomic E-state index is 12.9. The zero-order chi connectivity index (χ0) is 15.5. The van der Waals surface area contributed by atoms with Crippen molar-refractivity contribution >= 4 is 17.5 Å². The van der Waals surface area contributed by atoms with E-state index in [1.165, 1.54) is 5.56 Å². The molecule has 0 saturated carbocycles. The van der Waals surface area contributed by atoms with Gasteiger partial charge in [-0.1, -0.05) is 38.5 Å². The average Bonchev–Trinajstić information content (AvgIpc) is 2.59. The molecule has 1 unspecified atom stereocenters. The molecule has 4 heteroatoms. The van der Waals surface area contributed by atoms with Crippen LogP contribution in [0.15, 0.2) is 24.3 Å². The molecule has 1 heterocycles. The Morgan fingerprint density at radius 3 is 2.62 bits per heavy atom. The van der Waals surface area contributed by atoms with Crippen LogP contribution in [0, 0.1) is 0 Å². The predicted octanol–water partition coefficient (Wildman–Crippen LogP) is 2.66. The highest BCUT2D eigenvalue weighted by Crippen LogP contribution is 2.27. The van der Waals surface area contributed by atoms with Gasteiger partial charge in [0.1, 0.15) is 5.54 Å². The van der Waals surface area contributed by atoms with Crippen molar-refractivity contribution in [1.29, 1.82) is 0 Å². The van der Waals surface area contributed by atoms with Crippen LogP contribution >= 0.6 is 0 Å². The van der Waals surface area contributed by atoms with E-state index < -0.39 is 5.54 Å². The van der Waals surface area contributed by atoms with Gasteiger partial charge in [-0.2, -0.15) is 0 Å². The summed E-state index contributed by atoms with van der Waals surface area (Å²) >= 11 is 0. The third-order valence-corrected chi connectivity index (χ3v) is 4.20. The summed E-state index contributed by atoms with van der Waals surface area (Å²) in [5, 5.41) is 2.88. The molecule has 0 spiro atoms. The van der Waals surface area contributed by atoms with Crippen LogP contribution in [0.25, 0.3) is 0 Å². The van der Waals surface area contributed by atoms with E-state index in [9.17, 15) is 9.59 Å². The van der Waals surface area contributed by atoms with Crippen molar-refractivity contribution in [3.8, 4) is 0 Å². The van der Waals surface area contributed by atoms with Gasteiger partial charge in [-0.3, -0.25) is 9.59 Å². The maximum atomic E-state index is 12.9. The van der Waals surface area contributed by atoms with Gasteiger partial charge in [0, 0.05) is 18.7 Å². The summed E-state index contributed by atoms with van der Waals surface area (Å²) < 4.78 is 0. The van der Waals surface area contributed by atoms with Gasteiger partial charge in [-0.05, 0) is 31.4 Å². The molecule has 1 aromatic carbocycles. The molecule has 2 amide bonds. The highest BCUT2D eigenvalue weighted by molar-refractivity contribution is 6.04. The fourth-order valence-electron chi connectivity index (χ4n) is 2.76. The third-order valence-electron chi connectivity index (χ3n) is 4.20. The molecule has 1 aliphatic rings. The molecule has 1 fully saturated rings. The van der Waals surface area contributed by atoms with Crippen molar-refractivity contribution in [2.45, 2.75) is 52.0 Å². The first kappa shape index (κ1) is 15.5. The topological polar surface area (TPSA) is 49.4 Å². The average molecular weight is 288 g/mol. The third kappa shape index (κ3) is 3.09. The zero-order valence-corrected chi connectivity index (χ0v) is 13.1. The van der Waals surface area contributed by atoms with Crippen LogP contribution in [0.3, 0.4) is 0 Å². The Kier molecular flexibility index (Phi) is 4.66. The number of carbonyl (C=O) groups excluding carboxylic acids is 2. The number of nitrogens with zero attached hydrogens (tertiary/aromatic N) is 1. The Morgan fingerprint density at radius 2 is 1.95 bits per heavy atom. The number of para-hydroxylation sites is 1. The number of amides is 2. The second kappa shape index (κ2) is 6.29. The first-order valence-electron chi connectivity index (χ1n) is 7.72. The van der Waals surface area contributed by atoms with Gasteiger partial charge < -0.3 is 10.2 Å². The SMILES string of the molecule is CCCc1ccccc1N1CCC(=O)NC(C)(CC)C1=O. The molecule has 1 aromatic rings. The number of nitrogens with one attached hydrogen (secondary N) is 1. The van der Waals surface area contributed by atoms with Crippen molar-refractivity contribution in [3.05, 3.63) is 29.8 Å². The van der Waals surface area contributed by atoms with E-state index in [-0.39, 0.29) is 11.8 Å². The molecule has 114 valence electrons. The smallest absolute Gasteiger partial charge is 0.252 e. The molecule has 0 bridgehead atoms. The fraction of sp³-hybridized carbons (Fsp3) is 0.529. The van der Waals surface area contributed by atoms with Gasteiger partial charge >= 0.3 is 0 Å². The molecule has 0 radical (unpaired) electrons. The van der Waals surface area contributed by atoms with Crippen LogP contribution < -0.4 is 10.2 Å². The van der Waals surface area contributed by atoms with Gasteiger partial charge in [-0.15, -0.1) is 0 Å². The number of aryl methyl sites for hydroxylation is 1. The Hall–Kier alpha value is -1.84. The Morgan fingerprint density at radius 1 is 1.24 bits per heavy atom. The van der Waals surface area contributed by atoms with Crippen LogP contribution in [0.2, 0.25) is 0 Å². The van der Waals surface area contributed by atoms with Crippen LogP contribution in [0.5, 0.6) is 0 Å². The number of rotatable bonds is 4. The lowest BCUT2D eigenvalue weighted by molar-refractivity contribution is -0.129. The molecule has 1 N–H and O–H groups in total. The van der Waals surface area contributed by atoms with Gasteiger partial charge in [-0.25, -0.2) is 0 Å². The van der Waals surface area contributed by atoms with Crippen LogP contribution in [0.1, 0.15) is 45.6 Å². The second-order valence-corrected chi connectivity index (χ2v) is 5.82. The van der Waals surface area contributed by atoms with Gasteiger partial charge in [0.2, 0.25) is 5.91 Å². The maximum Gasteiger partial charge on any atom is 0.252 e. The van der Waals surface area contributed by atoms with Crippen LogP contribution in [0.4, 0.5) is 5.69 Å². The Labute approximate surface area is 126 Å². The van der Waals surface area contributed by atoms with E-state index in [1.807, 2.05) is 32.0 Å². The molecule has 0 aromatic heterocycles. The summed E-state index contributed by atoms with van der Waals surface area (Å²) in [6, 6.07) is 7.99. The highest BCUT2D eigenvalue weighted by Gasteiger charge is 2.40. The molecule has 4 nitrogen and oxygen atoms in total. The van der Waals surface area contributed by atoms with E-state index in [0.29, 0.717) is 19.4 Å². The summed E-state index contributed by atoms with van der Waals surface area (Å²) in [5.41, 5.74) is 1.30. The first-order valence-corrected chi connectivity index (χ1v) is 7.72. The normalized spacial score (nSPS) is 22.9. The summed E-state index contributed by atoms with van der Waals surface area (Å²) in [6.07, 6.45) is 2.90. The monoisotopic (exact) mass is 288 g/mol. The standard InChI is InChI=1S/C17H24N2O2/c1-4-8-13-9-6-7-10-14(13)19-12-11-15(20)18-17(3,5-2)16(19)21/h6-7,9-10H,4-5,8,11-12H2,1-3H3,(H,18,20).